The molecule has 1 saturated heterocycles. The Balaban J connectivity index is 1.48. The van der Waals surface area contributed by atoms with Crippen LogP contribution in [-0.4, -0.2) is 50.8 Å². The molecule has 0 aliphatic carbocycles. The van der Waals surface area contributed by atoms with Crippen molar-refractivity contribution in [3.63, 3.8) is 0 Å². The summed E-state index contributed by atoms with van der Waals surface area (Å²) >= 11 is 1.32. The summed E-state index contributed by atoms with van der Waals surface area (Å²) in [4.78, 5) is 9.90. The van der Waals surface area contributed by atoms with Crippen molar-refractivity contribution in [3.05, 3.63) is 76.4 Å². The minimum absolute atomic E-state index is 0.00480. The van der Waals surface area contributed by atoms with Crippen molar-refractivity contribution in [1.29, 1.82) is 0 Å². The number of rotatable bonds is 4. The maximum absolute atomic E-state index is 14.8. The van der Waals surface area contributed by atoms with E-state index in [1.54, 1.807) is 37.3 Å². The smallest absolute Gasteiger partial charge is 0.230 e. The molecule has 31 heavy (non-hydrogen) atoms. The Morgan fingerprint density at radius 2 is 1.71 bits per heavy atom. The van der Waals surface area contributed by atoms with Crippen LogP contribution < -0.4 is 4.90 Å². The van der Waals surface area contributed by atoms with Crippen molar-refractivity contribution in [2.24, 2.45) is 0 Å². The zero-order chi connectivity index (χ0) is 21.5. The van der Waals surface area contributed by atoms with Crippen molar-refractivity contribution < 1.29 is 13.9 Å². The lowest BCUT2D eigenvalue weighted by Crippen LogP contribution is -2.48. The highest BCUT2D eigenvalue weighted by Crippen LogP contribution is 2.41. The van der Waals surface area contributed by atoms with Crippen molar-refractivity contribution >= 4 is 22.0 Å². The first-order valence-electron chi connectivity index (χ1n) is 10.1. The first-order chi connectivity index (χ1) is 15.0. The lowest BCUT2D eigenvalue weighted by atomic mass is 10.0. The molecule has 5 rings (SSSR count). The van der Waals surface area contributed by atoms with Gasteiger partial charge in [0.25, 0.3) is 0 Å². The van der Waals surface area contributed by atoms with Crippen LogP contribution in [-0.2, 0) is 0 Å². The molecule has 9 heteroatoms. The van der Waals surface area contributed by atoms with Crippen LogP contribution in [0.2, 0.25) is 0 Å². The van der Waals surface area contributed by atoms with Crippen LogP contribution in [0.1, 0.15) is 22.3 Å². The van der Waals surface area contributed by atoms with E-state index in [0.29, 0.717) is 47.4 Å². The number of aryl methyl sites for hydroxylation is 1. The molecule has 0 spiro atoms. The second-order valence-electron chi connectivity index (χ2n) is 7.57. The molecule has 2 aromatic carbocycles. The number of nitrogens with zero attached hydrogens (tertiary/aromatic N) is 5. The molecule has 1 N–H and O–H groups in total. The molecular formula is C22H21F2N5OS. The Hall–Kier alpha value is -3.04. The van der Waals surface area contributed by atoms with Crippen LogP contribution in [0.3, 0.4) is 0 Å². The topological polar surface area (TPSA) is 56.9 Å². The summed E-state index contributed by atoms with van der Waals surface area (Å²) in [5, 5.41) is 15.1. The zero-order valence-corrected chi connectivity index (χ0v) is 17.7. The van der Waals surface area contributed by atoms with Crippen molar-refractivity contribution in [2.75, 3.05) is 31.1 Å². The summed E-state index contributed by atoms with van der Waals surface area (Å²) in [6.07, 6.45) is 0. The summed E-state index contributed by atoms with van der Waals surface area (Å²) in [6, 6.07) is 12.7. The van der Waals surface area contributed by atoms with E-state index < -0.39 is 6.04 Å². The van der Waals surface area contributed by atoms with E-state index >= 15 is 0 Å². The van der Waals surface area contributed by atoms with Gasteiger partial charge in [0, 0.05) is 37.4 Å². The minimum atomic E-state index is -0.453. The summed E-state index contributed by atoms with van der Waals surface area (Å²) in [5.74, 6) is -0.00894. The minimum Gasteiger partial charge on any atom is -0.492 e. The number of halogens is 2. The third-order valence-electron chi connectivity index (χ3n) is 5.62. The molecule has 1 aliphatic rings. The maximum Gasteiger partial charge on any atom is 0.230 e. The number of anilines is 1. The van der Waals surface area contributed by atoms with E-state index in [0.717, 1.165) is 5.69 Å². The van der Waals surface area contributed by atoms with Gasteiger partial charge in [0.1, 0.15) is 17.5 Å². The molecule has 1 fully saturated rings. The highest BCUT2D eigenvalue weighted by atomic mass is 32.1. The molecule has 0 amide bonds. The van der Waals surface area contributed by atoms with Gasteiger partial charge in [-0.2, -0.15) is 4.52 Å². The average molecular weight is 442 g/mol. The molecular weight excluding hydrogens is 420 g/mol. The first kappa shape index (κ1) is 19.9. The van der Waals surface area contributed by atoms with E-state index in [2.05, 4.69) is 19.9 Å². The Kier molecular flexibility index (Phi) is 5.07. The maximum atomic E-state index is 14.8. The van der Waals surface area contributed by atoms with Crippen molar-refractivity contribution in [3.8, 4) is 5.88 Å². The molecule has 1 atom stereocenters. The number of hydrogen-bond donors (Lipinski definition) is 1. The molecule has 0 radical (unpaired) electrons. The molecule has 6 nitrogen and oxygen atoms in total. The van der Waals surface area contributed by atoms with Crippen LogP contribution in [0, 0.1) is 18.6 Å². The van der Waals surface area contributed by atoms with Gasteiger partial charge in [0.15, 0.2) is 0 Å². The van der Waals surface area contributed by atoms with E-state index in [4.69, 9.17) is 0 Å². The lowest BCUT2D eigenvalue weighted by molar-refractivity contribution is 0.208. The second kappa shape index (κ2) is 7.90. The van der Waals surface area contributed by atoms with Crippen LogP contribution in [0.25, 0.3) is 4.96 Å². The Morgan fingerprint density at radius 1 is 1.00 bits per heavy atom. The molecule has 0 bridgehead atoms. The van der Waals surface area contributed by atoms with Crippen LogP contribution in [0.15, 0.2) is 48.5 Å². The number of piperazine rings is 1. The molecule has 160 valence electrons. The molecule has 1 aliphatic heterocycles. The number of fused-ring (bicyclic) bond motifs is 1. The van der Waals surface area contributed by atoms with E-state index in [9.17, 15) is 13.9 Å². The van der Waals surface area contributed by atoms with Crippen LogP contribution in [0.5, 0.6) is 5.88 Å². The summed E-state index contributed by atoms with van der Waals surface area (Å²) in [5.41, 5.74) is 1.47. The molecule has 4 aromatic rings. The van der Waals surface area contributed by atoms with Crippen molar-refractivity contribution in [2.45, 2.75) is 13.0 Å². The average Bonchev–Trinajstić information content (AvgIpc) is 3.28. The third kappa shape index (κ3) is 3.64. The fraction of sp³-hybridized carbons (Fsp3) is 0.273. The van der Waals surface area contributed by atoms with Crippen molar-refractivity contribution in [1.82, 2.24) is 19.5 Å². The quantitative estimate of drug-likeness (QED) is 0.519. The number of aromatic nitrogens is 3. The lowest BCUT2D eigenvalue weighted by Gasteiger charge is -2.40. The number of hydrogen-bond acceptors (Lipinski definition) is 6. The van der Waals surface area contributed by atoms with Gasteiger partial charge in [0.05, 0.1) is 10.9 Å². The Morgan fingerprint density at radius 3 is 2.39 bits per heavy atom. The monoisotopic (exact) mass is 441 g/mol. The summed E-state index contributed by atoms with van der Waals surface area (Å²) in [7, 11) is 0. The van der Waals surface area contributed by atoms with E-state index in [-0.39, 0.29) is 17.5 Å². The van der Waals surface area contributed by atoms with Crippen LogP contribution >= 0.6 is 11.3 Å². The Labute approximate surface area is 182 Å². The second-order valence-corrected chi connectivity index (χ2v) is 8.58. The first-order valence-corrected chi connectivity index (χ1v) is 10.9. The SMILES string of the molecule is Cc1nc2sc([C@@H](c3ccccc3F)N3CCN(c4ccc(F)cc4)CC3)c(O)n2n1. The summed E-state index contributed by atoms with van der Waals surface area (Å²) < 4.78 is 29.5. The van der Waals surface area contributed by atoms with Gasteiger partial charge in [-0.05, 0) is 37.3 Å². The zero-order valence-electron chi connectivity index (χ0n) is 16.9. The molecule has 0 saturated carbocycles. The van der Waals surface area contributed by atoms with Gasteiger partial charge in [0.2, 0.25) is 10.8 Å². The fourth-order valence-electron chi connectivity index (χ4n) is 4.12. The predicted octanol–water partition coefficient (Wildman–Crippen LogP) is 3.99. The normalized spacial score (nSPS) is 16.2. The number of thiazole rings is 1. The van der Waals surface area contributed by atoms with E-state index in [1.165, 1.54) is 34.1 Å². The molecule has 0 unspecified atom stereocenters. The van der Waals surface area contributed by atoms with Gasteiger partial charge in [-0.1, -0.05) is 29.5 Å². The third-order valence-corrected chi connectivity index (χ3v) is 6.70. The number of aromatic hydroxyl groups is 1. The standard InChI is InChI=1S/C22H21F2N5OS/c1-14-25-22-29(26-14)21(30)20(31-22)19(17-4-2-3-5-18(17)24)28-12-10-27(11-13-28)16-8-6-15(23)7-9-16/h2-9,19,30H,10-13H2,1H3/t19-/m1/s1. The highest BCUT2D eigenvalue weighted by molar-refractivity contribution is 7.17. The molecule has 3 heterocycles. The van der Waals surface area contributed by atoms with Gasteiger partial charge < -0.3 is 10.0 Å². The Bertz CT molecular complexity index is 1210. The largest absolute Gasteiger partial charge is 0.492 e. The summed E-state index contributed by atoms with van der Waals surface area (Å²) in [6.45, 7) is 4.49. The van der Waals surface area contributed by atoms with Gasteiger partial charge in [-0.3, -0.25) is 4.90 Å². The van der Waals surface area contributed by atoms with Gasteiger partial charge in [-0.15, -0.1) is 5.10 Å². The fourth-order valence-corrected chi connectivity index (χ4v) is 5.27. The molecule has 2 aromatic heterocycles. The van der Waals surface area contributed by atoms with Gasteiger partial charge >= 0.3 is 0 Å². The van der Waals surface area contributed by atoms with Crippen LogP contribution in [0.4, 0.5) is 14.5 Å². The van der Waals surface area contributed by atoms with Gasteiger partial charge in [-0.25, -0.2) is 13.8 Å². The number of benzene rings is 2. The highest BCUT2D eigenvalue weighted by Gasteiger charge is 2.33. The predicted molar refractivity (Wildman–Crippen MR) is 116 cm³/mol. The van der Waals surface area contributed by atoms with E-state index in [1.807, 2.05) is 0 Å².